The molecule has 0 aliphatic rings. The number of hydrogen-bond acceptors (Lipinski definition) is 5. The Morgan fingerprint density at radius 1 is 0.941 bits per heavy atom. The highest BCUT2D eigenvalue weighted by Crippen LogP contribution is 2.21. The molecule has 8 heteroatoms. The molecule has 0 atom stereocenters. The molecule has 0 spiro atoms. The van der Waals surface area contributed by atoms with E-state index in [9.17, 15) is 9.59 Å². The van der Waals surface area contributed by atoms with Crippen molar-refractivity contribution >= 4 is 45.7 Å². The smallest absolute Gasteiger partial charge is 0.257 e. The largest absolute Gasteiger partial charge is 0.484 e. The van der Waals surface area contributed by atoms with Crippen LogP contribution in [-0.4, -0.2) is 36.9 Å². The fraction of sp³-hybridized carbons (Fsp3) is 0.192. The zero-order valence-electron chi connectivity index (χ0n) is 18.6. The number of rotatable bonds is 12. The number of carbonyl (C=O) groups is 2. The maximum Gasteiger partial charge on any atom is 0.257 e. The Labute approximate surface area is 212 Å². The lowest BCUT2D eigenvalue weighted by Gasteiger charge is -2.08. The molecule has 34 heavy (non-hydrogen) atoms. The first-order valence-corrected chi connectivity index (χ1v) is 12.7. The Hall–Kier alpha value is -3.10. The van der Waals surface area contributed by atoms with Gasteiger partial charge >= 0.3 is 0 Å². The van der Waals surface area contributed by atoms with E-state index in [4.69, 9.17) is 4.74 Å². The number of ether oxygens (including phenoxy) is 1. The SMILES string of the molecule is O=C(COc1ccc(/C=N/NC(=O)CSCc2ccccc2Br)cc1)NCCc1ccccc1. The molecule has 3 aromatic rings. The zero-order valence-corrected chi connectivity index (χ0v) is 21.0. The highest BCUT2D eigenvalue weighted by atomic mass is 79.9. The molecule has 0 heterocycles. The van der Waals surface area contributed by atoms with Gasteiger partial charge in [0.1, 0.15) is 5.75 Å². The molecule has 6 nitrogen and oxygen atoms in total. The van der Waals surface area contributed by atoms with Crippen molar-refractivity contribution in [3.8, 4) is 5.75 Å². The van der Waals surface area contributed by atoms with Gasteiger partial charge in [-0.3, -0.25) is 9.59 Å². The Morgan fingerprint density at radius 3 is 2.44 bits per heavy atom. The van der Waals surface area contributed by atoms with Gasteiger partial charge in [0.05, 0.1) is 12.0 Å². The quantitative estimate of drug-likeness (QED) is 0.261. The van der Waals surface area contributed by atoms with Crippen molar-refractivity contribution in [2.75, 3.05) is 18.9 Å². The van der Waals surface area contributed by atoms with Crippen molar-refractivity contribution in [2.24, 2.45) is 5.10 Å². The third-order valence-corrected chi connectivity index (χ3v) is 6.44. The van der Waals surface area contributed by atoms with E-state index in [-0.39, 0.29) is 18.4 Å². The van der Waals surface area contributed by atoms with Gasteiger partial charge in [-0.05, 0) is 53.4 Å². The van der Waals surface area contributed by atoms with Crippen LogP contribution in [-0.2, 0) is 21.8 Å². The van der Waals surface area contributed by atoms with Crippen LogP contribution in [0.15, 0.2) is 88.4 Å². The van der Waals surface area contributed by atoms with E-state index in [0.717, 1.165) is 27.8 Å². The lowest BCUT2D eigenvalue weighted by Crippen LogP contribution is -2.30. The van der Waals surface area contributed by atoms with E-state index in [2.05, 4.69) is 31.8 Å². The van der Waals surface area contributed by atoms with Gasteiger partial charge in [0.2, 0.25) is 5.91 Å². The first-order valence-electron chi connectivity index (χ1n) is 10.8. The van der Waals surface area contributed by atoms with Gasteiger partial charge in [-0.2, -0.15) is 5.10 Å². The molecule has 2 amide bonds. The number of nitrogens with one attached hydrogen (secondary N) is 2. The molecule has 0 saturated heterocycles. The maximum atomic E-state index is 12.0. The lowest BCUT2D eigenvalue weighted by atomic mass is 10.1. The van der Waals surface area contributed by atoms with Crippen LogP contribution < -0.4 is 15.5 Å². The van der Waals surface area contributed by atoms with Gasteiger partial charge in [0, 0.05) is 16.8 Å². The second kappa shape index (κ2) is 14.2. The van der Waals surface area contributed by atoms with Crippen molar-refractivity contribution in [2.45, 2.75) is 12.2 Å². The topological polar surface area (TPSA) is 79.8 Å². The first-order chi connectivity index (χ1) is 16.6. The van der Waals surface area contributed by atoms with Crippen molar-refractivity contribution in [1.82, 2.24) is 10.7 Å². The monoisotopic (exact) mass is 539 g/mol. The van der Waals surface area contributed by atoms with E-state index in [1.165, 1.54) is 17.3 Å². The Kier molecular flexibility index (Phi) is 10.7. The average Bonchev–Trinajstić information content (AvgIpc) is 2.85. The van der Waals surface area contributed by atoms with Crippen LogP contribution in [0.2, 0.25) is 0 Å². The molecule has 0 aliphatic carbocycles. The van der Waals surface area contributed by atoms with Gasteiger partial charge in [0.25, 0.3) is 5.91 Å². The van der Waals surface area contributed by atoms with Gasteiger partial charge < -0.3 is 10.1 Å². The van der Waals surface area contributed by atoms with Crippen LogP contribution >= 0.6 is 27.7 Å². The standard InChI is InChI=1S/C26H26BrN3O3S/c27-24-9-5-4-8-22(24)18-34-19-26(32)30-29-16-21-10-12-23(13-11-21)33-17-25(31)28-15-14-20-6-2-1-3-7-20/h1-13,16H,14-15,17-19H2,(H,28,31)(H,30,32)/b29-16+. The number of nitrogens with zero attached hydrogens (tertiary/aromatic N) is 1. The van der Waals surface area contributed by atoms with Gasteiger partial charge in [-0.25, -0.2) is 5.43 Å². The van der Waals surface area contributed by atoms with Crippen LogP contribution in [0.1, 0.15) is 16.7 Å². The summed E-state index contributed by atoms with van der Waals surface area (Å²) in [4.78, 5) is 23.9. The highest BCUT2D eigenvalue weighted by molar-refractivity contribution is 9.10. The molecule has 0 aliphatic heterocycles. The highest BCUT2D eigenvalue weighted by Gasteiger charge is 2.04. The van der Waals surface area contributed by atoms with E-state index >= 15 is 0 Å². The number of hydrazone groups is 1. The predicted octanol–water partition coefficient (Wildman–Crippen LogP) is 4.57. The van der Waals surface area contributed by atoms with Crippen molar-refractivity contribution in [3.63, 3.8) is 0 Å². The minimum absolute atomic E-state index is 0.0461. The summed E-state index contributed by atoms with van der Waals surface area (Å²) in [5.41, 5.74) is 5.66. The number of thioether (sulfide) groups is 1. The molecular weight excluding hydrogens is 514 g/mol. The third-order valence-electron chi connectivity index (χ3n) is 4.68. The summed E-state index contributed by atoms with van der Waals surface area (Å²) in [6.07, 6.45) is 2.34. The molecule has 0 fully saturated rings. The van der Waals surface area contributed by atoms with E-state index < -0.39 is 0 Å². The second-order valence-corrected chi connectivity index (χ2v) is 9.16. The average molecular weight is 540 g/mol. The van der Waals surface area contributed by atoms with Crippen LogP contribution in [0.3, 0.4) is 0 Å². The van der Waals surface area contributed by atoms with Gasteiger partial charge in [0.15, 0.2) is 6.61 Å². The third kappa shape index (κ3) is 9.41. The van der Waals surface area contributed by atoms with Crippen LogP contribution in [0.5, 0.6) is 5.75 Å². The van der Waals surface area contributed by atoms with E-state index in [1.54, 1.807) is 30.5 Å². The molecule has 0 saturated carbocycles. The van der Waals surface area contributed by atoms with Crippen LogP contribution in [0.25, 0.3) is 0 Å². The molecule has 0 unspecified atom stereocenters. The molecule has 0 bridgehead atoms. The number of hydrogen-bond donors (Lipinski definition) is 2. The summed E-state index contributed by atoms with van der Waals surface area (Å²) in [7, 11) is 0. The Bertz CT molecular complexity index is 1090. The Balaban J connectivity index is 1.31. The summed E-state index contributed by atoms with van der Waals surface area (Å²) < 4.78 is 6.56. The summed E-state index contributed by atoms with van der Waals surface area (Å²) in [6.45, 7) is 0.519. The summed E-state index contributed by atoms with van der Waals surface area (Å²) in [5, 5.41) is 6.84. The van der Waals surface area contributed by atoms with Crippen LogP contribution in [0, 0.1) is 0 Å². The molecule has 2 N–H and O–H groups in total. The van der Waals surface area contributed by atoms with Crippen molar-refractivity contribution in [3.05, 3.63) is 100 Å². The minimum Gasteiger partial charge on any atom is -0.484 e. The molecule has 0 aromatic heterocycles. The minimum atomic E-state index is -0.165. The first kappa shape index (κ1) is 25.5. The zero-order chi connectivity index (χ0) is 24.0. The fourth-order valence-electron chi connectivity index (χ4n) is 2.92. The molecule has 0 radical (unpaired) electrons. The van der Waals surface area contributed by atoms with E-state index in [0.29, 0.717) is 18.0 Å². The lowest BCUT2D eigenvalue weighted by molar-refractivity contribution is -0.123. The van der Waals surface area contributed by atoms with Gasteiger partial charge in [-0.15, -0.1) is 11.8 Å². The normalized spacial score (nSPS) is 10.7. The Morgan fingerprint density at radius 2 is 1.68 bits per heavy atom. The van der Waals surface area contributed by atoms with Crippen molar-refractivity contribution < 1.29 is 14.3 Å². The number of benzene rings is 3. The molecule has 176 valence electrons. The van der Waals surface area contributed by atoms with E-state index in [1.807, 2.05) is 54.6 Å². The summed E-state index contributed by atoms with van der Waals surface area (Å²) >= 11 is 5.03. The summed E-state index contributed by atoms with van der Waals surface area (Å²) in [5.74, 6) is 1.32. The van der Waals surface area contributed by atoms with Gasteiger partial charge in [-0.1, -0.05) is 64.5 Å². The fourth-order valence-corrected chi connectivity index (χ4v) is 4.36. The number of carbonyl (C=O) groups excluding carboxylic acids is 2. The molecular formula is C26H26BrN3O3S. The maximum absolute atomic E-state index is 12.0. The number of amides is 2. The van der Waals surface area contributed by atoms with Crippen molar-refractivity contribution in [1.29, 1.82) is 0 Å². The van der Waals surface area contributed by atoms with Crippen LogP contribution in [0.4, 0.5) is 0 Å². The molecule has 3 aromatic carbocycles. The number of halogens is 1. The predicted molar refractivity (Wildman–Crippen MR) is 141 cm³/mol. The molecule has 3 rings (SSSR count). The second-order valence-electron chi connectivity index (χ2n) is 7.32. The summed E-state index contributed by atoms with van der Waals surface area (Å²) in [6, 6.07) is 25.1.